The van der Waals surface area contributed by atoms with E-state index < -0.39 is 17.9 Å². The number of hydrogen-bond donors (Lipinski definition) is 1. The molecule has 3 aromatic rings. The second-order valence-corrected chi connectivity index (χ2v) is 11.8. The summed E-state index contributed by atoms with van der Waals surface area (Å²) >= 11 is 2.93. The Morgan fingerprint density at radius 3 is 2.41 bits per heavy atom. The van der Waals surface area contributed by atoms with Crippen LogP contribution in [0.3, 0.4) is 0 Å². The van der Waals surface area contributed by atoms with Crippen LogP contribution >= 0.6 is 23.1 Å². The highest BCUT2D eigenvalue weighted by Gasteiger charge is 2.69. The summed E-state index contributed by atoms with van der Waals surface area (Å²) < 4.78 is 6.91. The van der Waals surface area contributed by atoms with Crippen LogP contribution in [0.25, 0.3) is 0 Å². The minimum atomic E-state index is -0.405. The lowest BCUT2D eigenvalue weighted by molar-refractivity contribution is -0.154. The van der Waals surface area contributed by atoms with Crippen LogP contribution in [0.15, 0.2) is 64.4 Å². The number of aromatic hydroxyl groups is 1. The zero-order valence-electron chi connectivity index (χ0n) is 18.0. The molecule has 6 nitrogen and oxygen atoms in total. The zero-order chi connectivity index (χ0) is 23.1. The van der Waals surface area contributed by atoms with E-state index >= 15 is 0 Å². The fraction of sp³-hybridized carbons (Fsp3) is 0.346. The molecule has 172 valence electrons. The minimum absolute atomic E-state index is 0.00369. The van der Waals surface area contributed by atoms with Gasteiger partial charge >= 0.3 is 16.8 Å². The number of para-hydroxylation sites is 1. The third kappa shape index (κ3) is 2.72. The van der Waals surface area contributed by atoms with Gasteiger partial charge in [-0.15, -0.1) is 11.8 Å². The van der Waals surface area contributed by atoms with E-state index in [4.69, 9.17) is 4.74 Å². The number of carbonyl (C=O) groups excluding carboxylic acids is 2. The Hall–Kier alpha value is -2.84. The standard InChI is InChI=1S/C26H21NO5S2/c28-16-9-5-4-8-13(16)17-18-14-10-15(20-19(14)24(29)32-25(20)30)21(18)33-23-22(17)34-26(31)27(23)11-12-6-2-1-3-7-12/h1-9,14-15,17-21,28H,10-11H2. The number of carbonyl (C=O) groups is 2. The molecule has 7 atom stereocenters. The Balaban J connectivity index is 1.40. The maximum absolute atomic E-state index is 13.2. The van der Waals surface area contributed by atoms with Gasteiger partial charge in [-0.3, -0.25) is 19.0 Å². The van der Waals surface area contributed by atoms with Crippen LogP contribution in [0, 0.1) is 29.6 Å². The summed E-state index contributed by atoms with van der Waals surface area (Å²) in [7, 11) is 0. The summed E-state index contributed by atoms with van der Waals surface area (Å²) in [5.74, 6) is -1.49. The Labute approximate surface area is 203 Å². The van der Waals surface area contributed by atoms with Crippen LogP contribution in [-0.2, 0) is 20.9 Å². The highest BCUT2D eigenvalue weighted by molar-refractivity contribution is 8.00. The molecule has 3 heterocycles. The lowest BCUT2D eigenvalue weighted by atomic mass is 9.68. The number of benzene rings is 2. The van der Waals surface area contributed by atoms with E-state index in [-0.39, 0.29) is 45.5 Å². The first-order chi connectivity index (χ1) is 16.5. The van der Waals surface area contributed by atoms with Gasteiger partial charge in [0.05, 0.1) is 23.4 Å². The van der Waals surface area contributed by atoms with Crippen molar-refractivity contribution in [3.63, 3.8) is 0 Å². The quantitative estimate of drug-likeness (QED) is 0.443. The van der Waals surface area contributed by atoms with Gasteiger partial charge in [-0.05, 0) is 35.8 Å². The van der Waals surface area contributed by atoms with Crippen LogP contribution < -0.4 is 4.87 Å². The molecule has 8 heteroatoms. The van der Waals surface area contributed by atoms with E-state index in [9.17, 15) is 19.5 Å². The van der Waals surface area contributed by atoms with Crippen molar-refractivity contribution in [2.24, 2.45) is 29.6 Å². The second kappa shape index (κ2) is 7.33. The van der Waals surface area contributed by atoms with Gasteiger partial charge in [-0.25, -0.2) is 0 Å². The van der Waals surface area contributed by atoms with E-state index in [0.29, 0.717) is 6.54 Å². The van der Waals surface area contributed by atoms with E-state index in [0.717, 1.165) is 27.5 Å². The van der Waals surface area contributed by atoms with Gasteiger partial charge in [0, 0.05) is 21.6 Å². The summed E-state index contributed by atoms with van der Waals surface area (Å²) in [4.78, 5) is 39.3. The van der Waals surface area contributed by atoms with Crippen molar-refractivity contribution in [2.45, 2.75) is 29.2 Å². The number of nitrogens with zero attached hydrogens (tertiary/aromatic N) is 1. The topological polar surface area (TPSA) is 85.6 Å². The van der Waals surface area contributed by atoms with Crippen molar-refractivity contribution in [3.05, 3.63) is 80.3 Å². The fourth-order valence-electron chi connectivity index (χ4n) is 6.92. The van der Waals surface area contributed by atoms with E-state index in [1.54, 1.807) is 23.9 Å². The van der Waals surface area contributed by atoms with Gasteiger partial charge in [0.25, 0.3) is 0 Å². The van der Waals surface area contributed by atoms with E-state index in [1.807, 2.05) is 47.0 Å². The average Bonchev–Trinajstić information content (AvgIpc) is 3.55. The second-order valence-electron chi connectivity index (χ2n) is 9.66. The molecule has 2 aliphatic carbocycles. The van der Waals surface area contributed by atoms with Gasteiger partial charge < -0.3 is 9.84 Å². The molecule has 1 aromatic heterocycles. The lowest BCUT2D eigenvalue weighted by Gasteiger charge is -2.43. The number of fused-ring (bicyclic) bond motifs is 9. The molecular formula is C26H21NO5S2. The molecule has 2 bridgehead atoms. The lowest BCUT2D eigenvalue weighted by Crippen LogP contribution is -2.43. The van der Waals surface area contributed by atoms with Crippen molar-refractivity contribution in [2.75, 3.05) is 0 Å². The summed E-state index contributed by atoms with van der Waals surface area (Å²) in [6, 6.07) is 17.2. The third-order valence-corrected chi connectivity index (χ3v) is 10.9. The molecule has 4 aliphatic rings. The molecule has 2 aliphatic heterocycles. The molecule has 0 spiro atoms. The van der Waals surface area contributed by atoms with Gasteiger partial charge in [0.2, 0.25) is 0 Å². The summed E-state index contributed by atoms with van der Waals surface area (Å²) in [5, 5.41) is 11.8. The van der Waals surface area contributed by atoms with Gasteiger partial charge in [0.15, 0.2) is 0 Å². The smallest absolute Gasteiger partial charge is 0.317 e. The molecule has 34 heavy (non-hydrogen) atoms. The normalized spacial score (nSPS) is 32.9. The number of aromatic nitrogens is 1. The third-order valence-electron chi connectivity index (χ3n) is 8.14. The minimum Gasteiger partial charge on any atom is -0.508 e. The zero-order valence-corrected chi connectivity index (χ0v) is 19.6. The van der Waals surface area contributed by atoms with Crippen molar-refractivity contribution >= 4 is 35.0 Å². The van der Waals surface area contributed by atoms with Crippen LogP contribution in [-0.4, -0.2) is 26.9 Å². The number of phenolic OH excluding ortho intramolecular Hbond substituents is 1. The molecule has 7 rings (SSSR count). The molecule has 3 fully saturated rings. The van der Waals surface area contributed by atoms with Crippen LogP contribution in [0.5, 0.6) is 5.75 Å². The summed E-state index contributed by atoms with van der Waals surface area (Å²) in [6.07, 6.45) is 0.806. The Morgan fingerprint density at radius 2 is 1.65 bits per heavy atom. The number of esters is 2. The van der Waals surface area contributed by atoms with Crippen molar-refractivity contribution < 1.29 is 19.4 Å². The van der Waals surface area contributed by atoms with Crippen molar-refractivity contribution in [1.29, 1.82) is 0 Å². The predicted molar refractivity (Wildman–Crippen MR) is 127 cm³/mol. The number of phenols is 1. The monoisotopic (exact) mass is 491 g/mol. The van der Waals surface area contributed by atoms with E-state index in [2.05, 4.69) is 0 Å². The Morgan fingerprint density at radius 1 is 0.941 bits per heavy atom. The molecule has 2 aromatic carbocycles. The van der Waals surface area contributed by atoms with Gasteiger partial charge in [0.1, 0.15) is 5.75 Å². The first-order valence-electron chi connectivity index (χ1n) is 11.5. The summed E-state index contributed by atoms with van der Waals surface area (Å²) in [6.45, 7) is 0.476. The van der Waals surface area contributed by atoms with Gasteiger partial charge in [-0.1, -0.05) is 59.9 Å². The highest BCUT2D eigenvalue weighted by atomic mass is 32.2. The number of thiazole rings is 1. The largest absolute Gasteiger partial charge is 0.508 e. The summed E-state index contributed by atoms with van der Waals surface area (Å²) in [5.41, 5.74) is 1.83. The fourth-order valence-corrected chi connectivity index (χ4v) is 10.1. The van der Waals surface area contributed by atoms with Crippen molar-refractivity contribution in [3.8, 4) is 5.75 Å². The first-order valence-corrected chi connectivity index (χ1v) is 13.2. The van der Waals surface area contributed by atoms with Gasteiger partial charge in [-0.2, -0.15) is 0 Å². The first kappa shape index (κ1) is 20.5. The SMILES string of the molecule is O=C1OC(=O)C2C3CC(C4Sc5c(sc(=O)n5Cc5ccccc5)C(c5ccccc5O)C34)C12. The maximum Gasteiger partial charge on any atom is 0.317 e. The van der Waals surface area contributed by atoms with E-state index in [1.165, 1.54) is 11.3 Å². The molecule has 0 radical (unpaired) electrons. The number of ether oxygens (including phenoxy) is 1. The molecule has 0 amide bonds. The number of thioether (sulfide) groups is 1. The Kier molecular flexibility index (Phi) is 4.42. The van der Waals surface area contributed by atoms with Crippen LogP contribution in [0.4, 0.5) is 0 Å². The van der Waals surface area contributed by atoms with Crippen molar-refractivity contribution in [1.82, 2.24) is 4.57 Å². The van der Waals surface area contributed by atoms with Crippen LogP contribution in [0.1, 0.15) is 28.3 Å². The number of cyclic esters (lactones) is 2. The maximum atomic E-state index is 13.2. The molecule has 1 saturated heterocycles. The Bertz CT molecular complexity index is 1400. The molecule has 2 saturated carbocycles. The molecule has 7 unspecified atom stereocenters. The van der Waals surface area contributed by atoms with Crippen LogP contribution in [0.2, 0.25) is 0 Å². The highest BCUT2D eigenvalue weighted by Crippen LogP contribution is 2.68. The predicted octanol–water partition coefficient (Wildman–Crippen LogP) is 3.85. The number of hydrogen-bond acceptors (Lipinski definition) is 7. The average molecular weight is 492 g/mol. The number of rotatable bonds is 3. The molecule has 1 N–H and O–H groups in total. The molecular weight excluding hydrogens is 470 g/mol.